The van der Waals surface area contributed by atoms with Crippen molar-refractivity contribution in [3.8, 4) is 0 Å². The van der Waals surface area contributed by atoms with Crippen LogP contribution in [-0.2, 0) is 19.1 Å². The predicted molar refractivity (Wildman–Crippen MR) is 52.3 cm³/mol. The number of carbonyl (C=O) groups excluding carboxylic acids is 2. The second-order valence-electron chi connectivity index (χ2n) is 3.63. The van der Waals surface area contributed by atoms with E-state index in [4.69, 9.17) is 15.6 Å². The Kier molecular flexibility index (Phi) is 4.24. The standard InChI is InChI=1S/C9H14N2O5/c10-7(12)3-6(9(14)15)11-8(13)5-1-2-16-4-5/h5-6H,1-4H2,(H2,10,12)(H,11,13)(H,14,15)/t5?,6-/m1/s1. The molecule has 0 spiro atoms. The van der Waals surface area contributed by atoms with Crippen molar-refractivity contribution in [2.45, 2.75) is 18.9 Å². The van der Waals surface area contributed by atoms with Gasteiger partial charge >= 0.3 is 5.97 Å². The number of nitrogens with two attached hydrogens (primary N) is 1. The first-order valence-electron chi connectivity index (χ1n) is 4.90. The van der Waals surface area contributed by atoms with Gasteiger partial charge in [0.15, 0.2) is 0 Å². The van der Waals surface area contributed by atoms with Gasteiger partial charge in [-0.3, -0.25) is 9.59 Å². The number of amides is 2. The summed E-state index contributed by atoms with van der Waals surface area (Å²) in [6, 6.07) is -1.26. The van der Waals surface area contributed by atoms with Gasteiger partial charge in [-0.05, 0) is 6.42 Å². The monoisotopic (exact) mass is 230 g/mol. The average molecular weight is 230 g/mol. The van der Waals surface area contributed by atoms with Crippen LogP contribution in [-0.4, -0.2) is 42.1 Å². The smallest absolute Gasteiger partial charge is 0.326 e. The molecule has 7 nitrogen and oxygen atoms in total. The van der Waals surface area contributed by atoms with Gasteiger partial charge in [-0.25, -0.2) is 4.79 Å². The van der Waals surface area contributed by atoms with Crippen LogP contribution in [0.1, 0.15) is 12.8 Å². The van der Waals surface area contributed by atoms with Gasteiger partial charge in [-0.1, -0.05) is 0 Å². The highest BCUT2D eigenvalue weighted by Crippen LogP contribution is 2.12. The van der Waals surface area contributed by atoms with E-state index in [0.29, 0.717) is 13.0 Å². The fourth-order valence-electron chi connectivity index (χ4n) is 1.43. The molecule has 1 aliphatic heterocycles. The number of carbonyl (C=O) groups is 3. The van der Waals surface area contributed by atoms with Gasteiger partial charge < -0.3 is 20.9 Å². The van der Waals surface area contributed by atoms with E-state index in [-0.39, 0.29) is 12.5 Å². The maximum atomic E-state index is 11.5. The first-order chi connectivity index (χ1) is 7.50. The second-order valence-corrected chi connectivity index (χ2v) is 3.63. The van der Waals surface area contributed by atoms with Gasteiger partial charge in [0, 0.05) is 6.61 Å². The van der Waals surface area contributed by atoms with Crippen molar-refractivity contribution in [2.75, 3.05) is 13.2 Å². The molecule has 2 amide bonds. The van der Waals surface area contributed by atoms with Gasteiger partial charge in [0.2, 0.25) is 11.8 Å². The number of primary amides is 1. The third-order valence-electron chi connectivity index (χ3n) is 2.32. The van der Waals surface area contributed by atoms with E-state index >= 15 is 0 Å². The molecule has 16 heavy (non-hydrogen) atoms. The summed E-state index contributed by atoms with van der Waals surface area (Å²) >= 11 is 0. The van der Waals surface area contributed by atoms with Crippen LogP contribution in [0.4, 0.5) is 0 Å². The van der Waals surface area contributed by atoms with Gasteiger partial charge in [0.25, 0.3) is 0 Å². The fourth-order valence-corrected chi connectivity index (χ4v) is 1.43. The van der Waals surface area contributed by atoms with E-state index in [1.165, 1.54) is 0 Å². The Hall–Kier alpha value is -1.63. The van der Waals surface area contributed by atoms with E-state index in [1.54, 1.807) is 0 Å². The van der Waals surface area contributed by atoms with Crippen molar-refractivity contribution < 1.29 is 24.2 Å². The van der Waals surface area contributed by atoms with Crippen molar-refractivity contribution in [1.29, 1.82) is 0 Å². The molecule has 1 saturated heterocycles. The number of hydrogen-bond acceptors (Lipinski definition) is 4. The minimum absolute atomic E-state index is 0.286. The van der Waals surface area contributed by atoms with Crippen molar-refractivity contribution in [2.24, 2.45) is 11.7 Å². The molecule has 1 fully saturated rings. The Morgan fingerprint density at radius 2 is 2.19 bits per heavy atom. The maximum Gasteiger partial charge on any atom is 0.326 e. The molecule has 1 rings (SSSR count). The molecule has 90 valence electrons. The van der Waals surface area contributed by atoms with Crippen molar-refractivity contribution in [1.82, 2.24) is 5.32 Å². The molecule has 0 aliphatic carbocycles. The molecule has 0 radical (unpaired) electrons. The molecule has 1 heterocycles. The molecule has 0 aromatic heterocycles. The number of ether oxygens (including phenoxy) is 1. The number of hydrogen-bond donors (Lipinski definition) is 3. The molecule has 0 aromatic rings. The zero-order chi connectivity index (χ0) is 12.1. The van der Waals surface area contributed by atoms with Crippen molar-refractivity contribution >= 4 is 17.8 Å². The van der Waals surface area contributed by atoms with Crippen molar-refractivity contribution in [3.63, 3.8) is 0 Å². The van der Waals surface area contributed by atoms with Crippen LogP contribution in [0.25, 0.3) is 0 Å². The first kappa shape index (κ1) is 12.4. The lowest BCUT2D eigenvalue weighted by atomic mass is 10.1. The summed E-state index contributed by atoms with van der Waals surface area (Å²) in [6.07, 6.45) is 0.156. The maximum absolute atomic E-state index is 11.5. The second kappa shape index (κ2) is 5.45. The summed E-state index contributed by atoms with van der Waals surface area (Å²) in [5.74, 6) is -2.79. The Morgan fingerprint density at radius 3 is 2.62 bits per heavy atom. The highest BCUT2D eigenvalue weighted by atomic mass is 16.5. The molecule has 2 atom stereocenters. The molecule has 7 heteroatoms. The summed E-state index contributed by atoms with van der Waals surface area (Å²) in [7, 11) is 0. The highest BCUT2D eigenvalue weighted by molar-refractivity contribution is 5.89. The Balaban J connectivity index is 2.50. The molecule has 0 aromatic carbocycles. The summed E-state index contributed by atoms with van der Waals surface area (Å²) in [6.45, 7) is 0.778. The van der Waals surface area contributed by atoms with Crippen LogP contribution in [0.15, 0.2) is 0 Å². The number of carboxylic acids is 1. The summed E-state index contributed by atoms with van der Waals surface area (Å²) in [4.78, 5) is 32.9. The SMILES string of the molecule is NC(=O)C[C@@H](NC(=O)C1CCOC1)C(=O)O. The van der Waals surface area contributed by atoms with E-state index < -0.39 is 30.2 Å². The van der Waals surface area contributed by atoms with Crippen LogP contribution in [0.3, 0.4) is 0 Å². The lowest BCUT2D eigenvalue weighted by Crippen LogP contribution is -2.45. The lowest BCUT2D eigenvalue weighted by Gasteiger charge is -2.15. The van der Waals surface area contributed by atoms with Crippen LogP contribution >= 0.6 is 0 Å². The van der Waals surface area contributed by atoms with Crippen LogP contribution in [0.2, 0.25) is 0 Å². The fraction of sp³-hybridized carbons (Fsp3) is 0.667. The minimum atomic E-state index is -1.27. The topological polar surface area (TPSA) is 119 Å². The van der Waals surface area contributed by atoms with E-state index in [1.807, 2.05) is 0 Å². The normalized spacial score (nSPS) is 21.4. The van der Waals surface area contributed by atoms with Crippen molar-refractivity contribution in [3.05, 3.63) is 0 Å². The van der Waals surface area contributed by atoms with Gasteiger partial charge in [0.05, 0.1) is 18.9 Å². The largest absolute Gasteiger partial charge is 0.480 e. The zero-order valence-electron chi connectivity index (χ0n) is 8.64. The zero-order valence-corrected chi connectivity index (χ0v) is 8.64. The molecule has 0 bridgehead atoms. The molecular formula is C9H14N2O5. The van der Waals surface area contributed by atoms with Crippen LogP contribution < -0.4 is 11.1 Å². The molecule has 4 N–H and O–H groups in total. The number of carboxylic acid groups (broad SMARTS) is 1. The molecule has 0 saturated carbocycles. The molecule has 1 unspecified atom stereocenters. The van der Waals surface area contributed by atoms with Crippen LogP contribution in [0.5, 0.6) is 0 Å². The van der Waals surface area contributed by atoms with E-state index in [2.05, 4.69) is 5.32 Å². The van der Waals surface area contributed by atoms with Crippen LogP contribution in [0, 0.1) is 5.92 Å². The first-order valence-corrected chi connectivity index (χ1v) is 4.90. The molecular weight excluding hydrogens is 216 g/mol. The Bertz CT molecular complexity index is 298. The minimum Gasteiger partial charge on any atom is -0.480 e. The van der Waals surface area contributed by atoms with Gasteiger partial charge in [-0.15, -0.1) is 0 Å². The third kappa shape index (κ3) is 3.50. The Labute approximate surface area is 91.9 Å². The lowest BCUT2D eigenvalue weighted by molar-refractivity contribution is -0.143. The van der Waals surface area contributed by atoms with Gasteiger partial charge in [0.1, 0.15) is 6.04 Å². The quantitative estimate of drug-likeness (QED) is 0.529. The number of aliphatic carboxylic acids is 1. The summed E-state index contributed by atoms with van der Waals surface area (Å²) in [5.41, 5.74) is 4.88. The number of nitrogens with one attached hydrogen (secondary N) is 1. The predicted octanol–water partition coefficient (Wildman–Crippen LogP) is -1.53. The summed E-state index contributed by atoms with van der Waals surface area (Å²) in [5, 5.41) is 11.0. The van der Waals surface area contributed by atoms with E-state index in [9.17, 15) is 14.4 Å². The van der Waals surface area contributed by atoms with E-state index in [0.717, 1.165) is 0 Å². The average Bonchev–Trinajstić information content (AvgIpc) is 2.68. The summed E-state index contributed by atoms with van der Waals surface area (Å²) < 4.78 is 5.00. The highest BCUT2D eigenvalue weighted by Gasteiger charge is 2.28. The van der Waals surface area contributed by atoms with Gasteiger partial charge in [-0.2, -0.15) is 0 Å². The molecule has 1 aliphatic rings. The Morgan fingerprint density at radius 1 is 1.50 bits per heavy atom. The number of rotatable bonds is 5. The third-order valence-corrected chi connectivity index (χ3v) is 2.32.